The molecule has 0 aliphatic carbocycles. The number of nitrogens with zero attached hydrogens (tertiary/aromatic N) is 2. The molecule has 0 saturated carbocycles. The fraction of sp³-hybridized carbons (Fsp3) is 0.500. The number of anilines is 1. The molecule has 0 N–H and O–H groups in total. The number of thioether (sulfide) groups is 1. The van der Waals surface area contributed by atoms with Crippen LogP contribution in [-0.2, 0) is 16.0 Å². The maximum absolute atomic E-state index is 13.0. The minimum absolute atomic E-state index is 0.0848. The monoisotopic (exact) mass is 398 g/mol. The van der Waals surface area contributed by atoms with E-state index in [1.54, 1.807) is 4.90 Å². The van der Waals surface area contributed by atoms with Crippen molar-refractivity contribution in [3.63, 3.8) is 0 Å². The van der Waals surface area contributed by atoms with Crippen molar-refractivity contribution in [1.82, 2.24) is 0 Å². The Balaban J connectivity index is 2.07. The van der Waals surface area contributed by atoms with Crippen LogP contribution >= 0.6 is 23.4 Å². The summed E-state index contributed by atoms with van der Waals surface area (Å²) in [6, 6.07) is 2.08. The number of rotatable bonds is 2. The lowest BCUT2D eigenvalue weighted by Gasteiger charge is -2.28. The van der Waals surface area contributed by atoms with Crippen LogP contribution in [0.4, 0.5) is 18.9 Å². The first-order valence-electron chi connectivity index (χ1n) is 7.19. The van der Waals surface area contributed by atoms with Crippen LogP contribution < -0.4 is 4.90 Å². The van der Waals surface area contributed by atoms with Gasteiger partial charge in [-0.3, -0.25) is 4.99 Å². The molecule has 0 spiro atoms. The summed E-state index contributed by atoms with van der Waals surface area (Å²) in [5.41, 5.74) is -0.678. The number of aliphatic imine (C=N–C) groups is 1. The van der Waals surface area contributed by atoms with Gasteiger partial charge in [-0.25, -0.2) is 8.42 Å². The summed E-state index contributed by atoms with van der Waals surface area (Å²) in [7, 11) is -3.26. The highest BCUT2D eigenvalue weighted by atomic mass is 35.5. The maximum Gasteiger partial charge on any atom is 0.416 e. The van der Waals surface area contributed by atoms with E-state index in [4.69, 9.17) is 11.6 Å². The molecule has 2 aliphatic rings. The van der Waals surface area contributed by atoms with E-state index in [9.17, 15) is 21.6 Å². The summed E-state index contributed by atoms with van der Waals surface area (Å²) < 4.78 is 62.9. The standard InChI is InChI=1S/C14H14ClF3N2O2S2/c1-2-23-13-19-10-6-24(21,22)7-12(10)20(13)11-5-8(14(16,17)18)3-4-9(11)15/h3-5,10,12H,2,6-7H2,1H3/t10-,12+/m0/s1. The largest absolute Gasteiger partial charge is 0.416 e. The van der Waals surface area contributed by atoms with Crippen LogP contribution in [-0.4, -0.2) is 42.9 Å². The molecule has 2 aliphatic heterocycles. The average molecular weight is 399 g/mol. The molecule has 0 radical (unpaired) electrons. The van der Waals surface area contributed by atoms with Crippen molar-refractivity contribution in [2.24, 2.45) is 4.99 Å². The lowest BCUT2D eigenvalue weighted by molar-refractivity contribution is -0.137. The molecule has 10 heteroatoms. The molecule has 4 nitrogen and oxygen atoms in total. The molecule has 1 aromatic carbocycles. The van der Waals surface area contributed by atoms with Crippen LogP contribution in [0.15, 0.2) is 23.2 Å². The number of fused-ring (bicyclic) bond motifs is 1. The fourth-order valence-corrected chi connectivity index (χ4v) is 5.81. The number of hydrogen-bond acceptors (Lipinski definition) is 5. The van der Waals surface area contributed by atoms with E-state index >= 15 is 0 Å². The van der Waals surface area contributed by atoms with E-state index in [0.29, 0.717) is 10.9 Å². The van der Waals surface area contributed by atoms with Crippen LogP contribution in [0.1, 0.15) is 12.5 Å². The van der Waals surface area contributed by atoms with Gasteiger partial charge in [-0.05, 0) is 24.0 Å². The van der Waals surface area contributed by atoms with Gasteiger partial charge in [0.15, 0.2) is 15.0 Å². The number of benzene rings is 1. The fourth-order valence-electron chi connectivity index (χ4n) is 2.92. The molecule has 0 bridgehead atoms. The second-order valence-corrected chi connectivity index (χ2v) is 9.38. The van der Waals surface area contributed by atoms with E-state index in [2.05, 4.69) is 4.99 Å². The molecule has 0 unspecified atom stereocenters. The molecule has 1 saturated heterocycles. The summed E-state index contributed by atoms with van der Waals surface area (Å²) >= 11 is 7.49. The van der Waals surface area contributed by atoms with Gasteiger partial charge >= 0.3 is 6.18 Å². The Morgan fingerprint density at radius 2 is 2.08 bits per heavy atom. The second kappa shape index (κ2) is 6.10. The summed E-state index contributed by atoms with van der Waals surface area (Å²) in [6.07, 6.45) is -4.50. The van der Waals surface area contributed by atoms with Crippen molar-refractivity contribution in [2.45, 2.75) is 25.2 Å². The van der Waals surface area contributed by atoms with Gasteiger partial charge in [0.25, 0.3) is 0 Å². The molecule has 2 heterocycles. The third-order valence-electron chi connectivity index (χ3n) is 3.91. The first-order valence-corrected chi connectivity index (χ1v) is 10.4. The quantitative estimate of drug-likeness (QED) is 0.765. The summed E-state index contributed by atoms with van der Waals surface area (Å²) in [4.78, 5) is 5.97. The molecule has 0 amide bonds. The Labute approximate surface area is 147 Å². The minimum Gasteiger partial charge on any atom is -0.313 e. The molecule has 24 heavy (non-hydrogen) atoms. The number of sulfone groups is 1. The summed E-state index contributed by atoms with van der Waals surface area (Å²) in [6.45, 7) is 1.89. The smallest absolute Gasteiger partial charge is 0.313 e. The molecular formula is C14H14ClF3N2O2S2. The van der Waals surface area contributed by atoms with Gasteiger partial charge in [-0.15, -0.1) is 0 Å². The van der Waals surface area contributed by atoms with Crippen LogP contribution in [0, 0.1) is 0 Å². The SMILES string of the molecule is CCSC1=N[C@H]2CS(=O)(=O)C[C@H]2N1c1cc(C(F)(F)F)ccc1Cl. The highest BCUT2D eigenvalue weighted by molar-refractivity contribution is 8.14. The van der Waals surface area contributed by atoms with Crippen molar-refractivity contribution >= 4 is 44.1 Å². The predicted octanol–water partition coefficient (Wildman–Crippen LogP) is 3.45. The molecule has 1 aromatic rings. The van der Waals surface area contributed by atoms with Crippen molar-refractivity contribution < 1.29 is 21.6 Å². The Morgan fingerprint density at radius 3 is 2.71 bits per heavy atom. The van der Waals surface area contributed by atoms with E-state index in [0.717, 1.165) is 12.1 Å². The topological polar surface area (TPSA) is 49.7 Å². The number of amidine groups is 1. The zero-order chi connectivity index (χ0) is 17.7. The normalized spacial score (nSPS) is 25.7. The Kier molecular flexibility index (Phi) is 4.55. The maximum atomic E-state index is 13.0. The summed E-state index contributed by atoms with van der Waals surface area (Å²) in [5, 5.41) is 0.654. The lowest BCUT2D eigenvalue weighted by atomic mass is 10.1. The number of halogens is 4. The predicted molar refractivity (Wildman–Crippen MR) is 90.7 cm³/mol. The first-order chi connectivity index (χ1) is 11.1. The van der Waals surface area contributed by atoms with Crippen molar-refractivity contribution in [3.05, 3.63) is 28.8 Å². The van der Waals surface area contributed by atoms with Crippen LogP contribution in [0.25, 0.3) is 0 Å². The number of hydrogen-bond donors (Lipinski definition) is 0. The molecule has 132 valence electrons. The van der Waals surface area contributed by atoms with Crippen molar-refractivity contribution in [3.8, 4) is 0 Å². The van der Waals surface area contributed by atoms with Crippen molar-refractivity contribution in [1.29, 1.82) is 0 Å². The molecule has 0 aromatic heterocycles. The molecule has 2 atom stereocenters. The van der Waals surface area contributed by atoms with Gasteiger partial charge in [0.05, 0.1) is 39.9 Å². The molecular weight excluding hydrogens is 385 g/mol. The molecule has 1 fully saturated rings. The van der Waals surface area contributed by atoms with Gasteiger partial charge in [-0.1, -0.05) is 30.3 Å². The van der Waals surface area contributed by atoms with Gasteiger partial charge in [0, 0.05) is 0 Å². The van der Waals surface area contributed by atoms with E-state index in [1.165, 1.54) is 17.8 Å². The minimum atomic E-state index is -4.50. The van der Waals surface area contributed by atoms with E-state index in [-0.39, 0.29) is 22.2 Å². The Morgan fingerprint density at radius 1 is 1.38 bits per heavy atom. The van der Waals surface area contributed by atoms with Gasteiger partial charge in [-0.2, -0.15) is 13.2 Å². The van der Waals surface area contributed by atoms with Crippen LogP contribution in [0.5, 0.6) is 0 Å². The van der Waals surface area contributed by atoms with Gasteiger partial charge in [0.2, 0.25) is 0 Å². The number of alkyl halides is 3. The third kappa shape index (κ3) is 3.25. The highest BCUT2D eigenvalue weighted by Gasteiger charge is 2.47. The van der Waals surface area contributed by atoms with E-state index < -0.39 is 33.7 Å². The Hall–Kier alpha value is -0.930. The van der Waals surface area contributed by atoms with Crippen LogP contribution in [0.3, 0.4) is 0 Å². The summed E-state index contributed by atoms with van der Waals surface area (Å²) in [5.74, 6) is 0.443. The van der Waals surface area contributed by atoms with Gasteiger partial charge in [0.1, 0.15) is 0 Å². The zero-order valence-corrected chi connectivity index (χ0v) is 14.9. The van der Waals surface area contributed by atoms with Gasteiger partial charge < -0.3 is 4.90 Å². The third-order valence-corrected chi connectivity index (χ3v) is 6.78. The second-order valence-electron chi connectivity index (χ2n) is 5.59. The van der Waals surface area contributed by atoms with E-state index in [1.807, 2.05) is 6.92 Å². The van der Waals surface area contributed by atoms with Crippen molar-refractivity contribution in [2.75, 3.05) is 22.2 Å². The zero-order valence-electron chi connectivity index (χ0n) is 12.5. The van der Waals surface area contributed by atoms with Crippen LogP contribution in [0.2, 0.25) is 5.02 Å². The first kappa shape index (κ1) is 17.9. The average Bonchev–Trinajstić information content (AvgIpc) is 2.90. The lowest BCUT2D eigenvalue weighted by Crippen LogP contribution is -2.39. The molecule has 3 rings (SSSR count). The Bertz CT molecular complexity index is 796. The highest BCUT2D eigenvalue weighted by Crippen LogP contribution is 2.41.